The monoisotopic (exact) mass is 527 g/mol. The molecule has 1 aliphatic heterocycles. The van der Waals surface area contributed by atoms with Crippen molar-refractivity contribution in [1.82, 2.24) is 5.01 Å². The Kier molecular flexibility index (Phi) is 5.80. The maximum atomic E-state index is 12.7. The van der Waals surface area contributed by atoms with Crippen molar-refractivity contribution in [3.05, 3.63) is 69.7 Å². The van der Waals surface area contributed by atoms with Crippen molar-refractivity contribution in [2.75, 3.05) is 11.9 Å². The molecule has 1 saturated carbocycles. The largest absolute Gasteiger partial charge is 0.483 e. The van der Waals surface area contributed by atoms with Gasteiger partial charge in [0.05, 0.1) is 22.5 Å². The molecule has 0 aromatic heterocycles. The third-order valence-electron chi connectivity index (χ3n) is 6.21. The predicted octanol–water partition coefficient (Wildman–Crippen LogP) is 4.26. The van der Waals surface area contributed by atoms with E-state index in [0.717, 1.165) is 11.4 Å². The highest BCUT2D eigenvalue weighted by atomic mass is 79.9. The first-order valence-corrected chi connectivity index (χ1v) is 11.7. The molecule has 168 valence electrons. The summed E-state index contributed by atoms with van der Waals surface area (Å²) >= 11 is 9.26. The van der Waals surface area contributed by atoms with Crippen LogP contribution in [0.15, 0.2) is 64.2 Å². The quantitative estimate of drug-likeness (QED) is 0.345. The normalized spacial score (nSPS) is 25.2. The van der Waals surface area contributed by atoms with E-state index >= 15 is 0 Å². The third kappa shape index (κ3) is 4.20. The summed E-state index contributed by atoms with van der Waals surface area (Å²) in [7, 11) is 0. The van der Waals surface area contributed by atoms with Gasteiger partial charge in [0.25, 0.3) is 17.7 Å². The second-order valence-corrected chi connectivity index (χ2v) is 9.56. The number of anilines is 1. The van der Waals surface area contributed by atoms with Crippen LogP contribution in [0.5, 0.6) is 5.75 Å². The van der Waals surface area contributed by atoms with Crippen LogP contribution in [0, 0.1) is 23.7 Å². The van der Waals surface area contributed by atoms with Crippen LogP contribution >= 0.6 is 27.5 Å². The molecule has 1 N–H and O–H groups in total. The molecular formula is C24H19BrClN3O4. The minimum absolute atomic E-state index is 0.152. The molecule has 3 amide bonds. The molecule has 1 saturated heterocycles. The summed E-state index contributed by atoms with van der Waals surface area (Å²) in [6.45, 7) is -0.176. The number of nitrogens with zero attached hydrogens (tertiary/aromatic N) is 2. The van der Waals surface area contributed by atoms with Gasteiger partial charge < -0.3 is 10.1 Å². The Morgan fingerprint density at radius 1 is 1.12 bits per heavy atom. The van der Waals surface area contributed by atoms with Gasteiger partial charge in [-0.05, 0) is 82.2 Å². The molecule has 4 atom stereocenters. The zero-order valence-corrected chi connectivity index (χ0v) is 19.6. The Balaban J connectivity index is 1.19. The van der Waals surface area contributed by atoms with Crippen LogP contribution in [0.25, 0.3) is 0 Å². The van der Waals surface area contributed by atoms with Gasteiger partial charge in [-0.15, -0.1) is 0 Å². The molecule has 5 rings (SSSR count). The van der Waals surface area contributed by atoms with Crippen molar-refractivity contribution in [1.29, 1.82) is 0 Å². The molecule has 0 unspecified atom stereocenters. The first kappa shape index (κ1) is 21.9. The summed E-state index contributed by atoms with van der Waals surface area (Å²) < 4.78 is 6.20. The zero-order chi connectivity index (χ0) is 23.1. The summed E-state index contributed by atoms with van der Waals surface area (Å²) in [5.74, 6) is -0.512. The molecule has 1 heterocycles. The summed E-state index contributed by atoms with van der Waals surface area (Å²) in [5.41, 5.74) is 1.30. The molecule has 7 nitrogen and oxygen atoms in total. The van der Waals surface area contributed by atoms with E-state index in [0.29, 0.717) is 26.5 Å². The number of halogens is 2. The fourth-order valence-electron chi connectivity index (χ4n) is 4.71. The Bertz CT molecular complexity index is 1170. The number of hydrogen-bond donors (Lipinski definition) is 1. The Morgan fingerprint density at radius 2 is 1.79 bits per heavy atom. The number of hydrogen-bond acceptors (Lipinski definition) is 5. The standard InChI is InChI=1S/C24H19BrClN3O4/c25-18-9-13(1-8-19(18)33-12-20(30)28-17-6-4-16(26)5-7-17)11-27-29-23(31)21-14-2-3-15(10-14)22(21)24(29)32/h1-9,11,14-15,21-22H,10,12H2,(H,28,30)/t14-,15-,21-,22+/m0/s1. The summed E-state index contributed by atoms with van der Waals surface area (Å²) in [4.78, 5) is 37.5. The molecule has 2 bridgehead atoms. The Labute approximate surface area is 203 Å². The molecule has 3 aliphatic rings. The van der Waals surface area contributed by atoms with Crippen LogP contribution < -0.4 is 10.1 Å². The van der Waals surface area contributed by atoms with Gasteiger partial charge in [0.1, 0.15) is 5.75 Å². The lowest BCUT2D eigenvalue weighted by Gasteiger charge is -2.13. The predicted molar refractivity (Wildman–Crippen MR) is 127 cm³/mol. The van der Waals surface area contributed by atoms with Gasteiger partial charge in [-0.3, -0.25) is 14.4 Å². The molecule has 2 aromatic carbocycles. The maximum absolute atomic E-state index is 12.7. The number of imide groups is 1. The van der Waals surface area contributed by atoms with Crippen molar-refractivity contribution in [3.8, 4) is 5.75 Å². The number of carbonyl (C=O) groups excluding carboxylic acids is 3. The molecule has 2 fully saturated rings. The Morgan fingerprint density at radius 3 is 2.42 bits per heavy atom. The van der Waals surface area contributed by atoms with Crippen LogP contribution in [-0.2, 0) is 14.4 Å². The first-order valence-electron chi connectivity index (χ1n) is 10.5. The minimum atomic E-state index is -0.310. The van der Waals surface area contributed by atoms with E-state index in [2.05, 4.69) is 38.5 Å². The lowest BCUT2D eigenvalue weighted by Crippen LogP contribution is -2.28. The van der Waals surface area contributed by atoms with Crippen molar-refractivity contribution in [2.24, 2.45) is 28.8 Å². The number of hydrazone groups is 1. The van der Waals surface area contributed by atoms with Gasteiger partial charge in [-0.2, -0.15) is 10.1 Å². The second kappa shape index (κ2) is 8.76. The summed E-state index contributed by atoms with van der Waals surface area (Å²) in [6, 6.07) is 11.9. The lowest BCUT2D eigenvalue weighted by atomic mass is 9.85. The van der Waals surface area contributed by atoms with Crippen LogP contribution in [0.2, 0.25) is 5.02 Å². The van der Waals surface area contributed by atoms with Crippen LogP contribution in [0.3, 0.4) is 0 Å². The van der Waals surface area contributed by atoms with E-state index in [-0.39, 0.29) is 48.0 Å². The van der Waals surface area contributed by atoms with E-state index in [9.17, 15) is 14.4 Å². The van der Waals surface area contributed by atoms with Gasteiger partial charge in [0, 0.05) is 10.7 Å². The average Bonchev–Trinajstić information content (AvgIpc) is 3.47. The zero-order valence-electron chi connectivity index (χ0n) is 17.3. The van der Waals surface area contributed by atoms with Gasteiger partial charge in [-0.25, -0.2) is 0 Å². The number of nitrogens with one attached hydrogen (secondary N) is 1. The van der Waals surface area contributed by atoms with Gasteiger partial charge >= 0.3 is 0 Å². The number of carbonyl (C=O) groups is 3. The minimum Gasteiger partial charge on any atom is -0.483 e. The molecular weight excluding hydrogens is 510 g/mol. The summed E-state index contributed by atoms with van der Waals surface area (Å²) in [6.07, 6.45) is 6.47. The van der Waals surface area contributed by atoms with E-state index in [1.54, 1.807) is 42.5 Å². The SMILES string of the molecule is O=C(COc1ccc(C=NN2C(=O)[C@@H]3[C@H](C2=O)[C@H]2C=C[C@H]3C2)cc1Br)Nc1ccc(Cl)cc1. The smallest absolute Gasteiger partial charge is 0.262 e. The molecule has 33 heavy (non-hydrogen) atoms. The van der Waals surface area contributed by atoms with Crippen molar-refractivity contribution in [3.63, 3.8) is 0 Å². The highest BCUT2D eigenvalue weighted by Crippen LogP contribution is 2.52. The van der Waals surface area contributed by atoms with Crippen molar-refractivity contribution in [2.45, 2.75) is 6.42 Å². The van der Waals surface area contributed by atoms with Crippen LogP contribution in [0.1, 0.15) is 12.0 Å². The number of fused-ring (bicyclic) bond motifs is 5. The number of rotatable bonds is 6. The van der Waals surface area contributed by atoms with E-state index in [1.807, 2.05) is 0 Å². The van der Waals surface area contributed by atoms with E-state index < -0.39 is 0 Å². The van der Waals surface area contributed by atoms with Crippen LogP contribution in [0.4, 0.5) is 5.69 Å². The van der Waals surface area contributed by atoms with Gasteiger partial charge in [0.2, 0.25) is 0 Å². The summed E-state index contributed by atoms with van der Waals surface area (Å²) in [5, 5.41) is 8.50. The Hall–Kier alpha value is -2.97. The molecule has 2 aromatic rings. The fourth-order valence-corrected chi connectivity index (χ4v) is 5.35. The number of benzene rings is 2. The third-order valence-corrected chi connectivity index (χ3v) is 7.08. The van der Waals surface area contributed by atoms with Crippen LogP contribution in [-0.4, -0.2) is 35.6 Å². The molecule has 0 radical (unpaired) electrons. The first-order chi connectivity index (χ1) is 15.9. The van der Waals surface area contributed by atoms with Crippen molar-refractivity contribution >= 4 is 57.2 Å². The number of amides is 3. The topological polar surface area (TPSA) is 88.1 Å². The molecule has 9 heteroatoms. The second-order valence-electron chi connectivity index (χ2n) is 8.27. The van der Waals surface area contributed by atoms with Gasteiger partial charge in [0.15, 0.2) is 6.61 Å². The maximum Gasteiger partial charge on any atom is 0.262 e. The van der Waals surface area contributed by atoms with Gasteiger partial charge in [-0.1, -0.05) is 23.8 Å². The molecule has 0 spiro atoms. The van der Waals surface area contributed by atoms with E-state index in [4.69, 9.17) is 16.3 Å². The number of ether oxygens (including phenoxy) is 1. The lowest BCUT2D eigenvalue weighted by molar-refractivity contribution is -0.140. The molecule has 2 aliphatic carbocycles. The number of allylic oxidation sites excluding steroid dienone is 2. The fraction of sp³-hybridized carbons (Fsp3) is 0.250. The van der Waals surface area contributed by atoms with Crippen molar-refractivity contribution < 1.29 is 19.1 Å². The average molecular weight is 529 g/mol. The van der Waals surface area contributed by atoms with E-state index in [1.165, 1.54) is 6.21 Å². The highest BCUT2D eigenvalue weighted by Gasteiger charge is 2.59. The highest BCUT2D eigenvalue weighted by molar-refractivity contribution is 9.10.